The second-order valence-electron chi connectivity index (χ2n) is 7.47. The van der Waals surface area contributed by atoms with Crippen LogP contribution in [-0.4, -0.2) is 38.6 Å². The largest absolute Gasteiger partial charge is 0.373 e. The SMILES string of the molecule is CN=C(NCC(=O)Nc1ccc(F)cc1)NCC1CCCOC1c1ccc(C)cc1.I. The van der Waals surface area contributed by atoms with Gasteiger partial charge in [-0.15, -0.1) is 24.0 Å². The minimum Gasteiger partial charge on any atom is -0.373 e. The molecule has 0 radical (unpaired) electrons. The molecule has 3 N–H and O–H groups in total. The third kappa shape index (κ3) is 7.77. The fourth-order valence-electron chi connectivity index (χ4n) is 3.53. The molecule has 2 unspecified atom stereocenters. The number of halogens is 2. The Morgan fingerprint density at radius 2 is 1.84 bits per heavy atom. The summed E-state index contributed by atoms with van der Waals surface area (Å²) in [5.41, 5.74) is 2.97. The molecule has 0 spiro atoms. The van der Waals surface area contributed by atoms with Crippen molar-refractivity contribution in [1.29, 1.82) is 0 Å². The highest BCUT2D eigenvalue weighted by Gasteiger charge is 2.27. The van der Waals surface area contributed by atoms with Crippen LogP contribution in [0.5, 0.6) is 0 Å². The molecule has 0 saturated carbocycles. The fraction of sp³-hybridized carbons (Fsp3) is 0.391. The Morgan fingerprint density at radius 3 is 2.52 bits per heavy atom. The van der Waals surface area contributed by atoms with Gasteiger partial charge in [0.25, 0.3) is 0 Å². The first-order chi connectivity index (χ1) is 14.5. The number of nitrogens with one attached hydrogen (secondary N) is 3. The minimum atomic E-state index is -0.341. The van der Waals surface area contributed by atoms with Gasteiger partial charge in [0, 0.05) is 31.8 Å². The second kappa shape index (κ2) is 12.6. The number of hydrogen-bond acceptors (Lipinski definition) is 3. The number of ether oxygens (including phenoxy) is 1. The van der Waals surface area contributed by atoms with E-state index < -0.39 is 0 Å². The molecule has 2 atom stereocenters. The molecule has 2 aromatic rings. The van der Waals surface area contributed by atoms with Crippen molar-refractivity contribution in [3.05, 3.63) is 65.5 Å². The van der Waals surface area contributed by atoms with Gasteiger partial charge in [0.05, 0.1) is 12.6 Å². The molecule has 1 saturated heterocycles. The number of aliphatic imine (C=N–C) groups is 1. The first-order valence-corrected chi connectivity index (χ1v) is 10.2. The summed E-state index contributed by atoms with van der Waals surface area (Å²) in [5, 5.41) is 9.04. The van der Waals surface area contributed by atoms with Crippen LogP contribution in [0.2, 0.25) is 0 Å². The summed E-state index contributed by atoms with van der Waals surface area (Å²) in [6, 6.07) is 14.1. The predicted molar refractivity (Wildman–Crippen MR) is 132 cm³/mol. The summed E-state index contributed by atoms with van der Waals surface area (Å²) in [4.78, 5) is 16.3. The zero-order valence-corrected chi connectivity index (χ0v) is 20.2. The van der Waals surface area contributed by atoms with Gasteiger partial charge in [0.2, 0.25) is 5.91 Å². The van der Waals surface area contributed by atoms with Gasteiger partial charge in [-0.1, -0.05) is 29.8 Å². The Bertz CT molecular complexity index is 859. The third-order valence-electron chi connectivity index (χ3n) is 5.15. The van der Waals surface area contributed by atoms with Crippen LogP contribution in [0.15, 0.2) is 53.5 Å². The average molecular weight is 540 g/mol. The third-order valence-corrected chi connectivity index (χ3v) is 5.15. The number of aryl methyl sites for hydroxylation is 1. The van der Waals surface area contributed by atoms with E-state index in [0.29, 0.717) is 24.1 Å². The Morgan fingerprint density at radius 1 is 1.13 bits per heavy atom. The van der Waals surface area contributed by atoms with Gasteiger partial charge in [-0.2, -0.15) is 0 Å². The van der Waals surface area contributed by atoms with E-state index in [4.69, 9.17) is 4.74 Å². The number of guanidine groups is 1. The standard InChI is InChI=1S/C23H29FN4O2.HI/c1-16-5-7-17(8-6-16)22-18(4-3-13-30-22)14-26-23(25-2)27-15-21(29)28-20-11-9-19(24)10-12-20;/h5-12,18,22H,3-4,13-15H2,1-2H3,(H,28,29)(H2,25,26,27);1H. The first-order valence-electron chi connectivity index (χ1n) is 10.2. The maximum atomic E-state index is 13.0. The van der Waals surface area contributed by atoms with Crippen molar-refractivity contribution in [2.24, 2.45) is 10.9 Å². The van der Waals surface area contributed by atoms with E-state index in [1.54, 1.807) is 7.05 Å². The maximum Gasteiger partial charge on any atom is 0.243 e. The smallest absolute Gasteiger partial charge is 0.243 e. The van der Waals surface area contributed by atoms with Gasteiger partial charge in [0.15, 0.2) is 5.96 Å². The Labute approximate surface area is 200 Å². The first kappa shape index (κ1) is 25.1. The summed E-state index contributed by atoms with van der Waals surface area (Å²) in [6.45, 7) is 3.59. The van der Waals surface area contributed by atoms with Crippen molar-refractivity contribution < 1.29 is 13.9 Å². The van der Waals surface area contributed by atoms with Crippen LogP contribution >= 0.6 is 24.0 Å². The number of benzene rings is 2. The molecular formula is C23H30FIN4O2. The number of anilines is 1. The number of rotatable bonds is 6. The lowest BCUT2D eigenvalue weighted by Crippen LogP contribution is -2.44. The molecule has 0 aliphatic carbocycles. The molecule has 6 nitrogen and oxygen atoms in total. The molecule has 1 aliphatic heterocycles. The molecular weight excluding hydrogens is 510 g/mol. The van der Waals surface area contributed by atoms with Crippen LogP contribution < -0.4 is 16.0 Å². The van der Waals surface area contributed by atoms with Crippen molar-refractivity contribution in [3.63, 3.8) is 0 Å². The molecule has 1 aliphatic rings. The van der Waals surface area contributed by atoms with Crippen LogP contribution in [0.25, 0.3) is 0 Å². The van der Waals surface area contributed by atoms with Gasteiger partial charge >= 0.3 is 0 Å². The fourth-order valence-corrected chi connectivity index (χ4v) is 3.53. The van der Waals surface area contributed by atoms with Gasteiger partial charge in [0.1, 0.15) is 5.82 Å². The van der Waals surface area contributed by atoms with E-state index >= 15 is 0 Å². The monoisotopic (exact) mass is 540 g/mol. The number of carbonyl (C=O) groups excluding carboxylic acids is 1. The molecule has 168 valence electrons. The van der Waals surface area contributed by atoms with Crippen LogP contribution in [0, 0.1) is 18.7 Å². The zero-order valence-electron chi connectivity index (χ0n) is 17.9. The normalized spacial score (nSPS) is 18.6. The Hall–Kier alpha value is -2.20. The lowest BCUT2D eigenvalue weighted by Gasteiger charge is -2.32. The Kier molecular flexibility index (Phi) is 10.2. The van der Waals surface area contributed by atoms with Crippen LogP contribution in [0.1, 0.15) is 30.1 Å². The van der Waals surface area contributed by atoms with Crippen molar-refractivity contribution in [1.82, 2.24) is 10.6 Å². The van der Waals surface area contributed by atoms with Crippen LogP contribution in [-0.2, 0) is 9.53 Å². The Balaban J connectivity index is 0.00000341. The van der Waals surface area contributed by atoms with Gasteiger partial charge in [-0.3, -0.25) is 9.79 Å². The van der Waals surface area contributed by atoms with E-state index in [1.165, 1.54) is 35.4 Å². The van der Waals surface area contributed by atoms with Crippen LogP contribution in [0.4, 0.5) is 10.1 Å². The van der Waals surface area contributed by atoms with Gasteiger partial charge in [-0.25, -0.2) is 4.39 Å². The summed E-state index contributed by atoms with van der Waals surface area (Å²) in [5.74, 6) is 0.292. The van der Waals surface area contributed by atoms with Crippen molar-refractivity contribution in [2.45, 2.75) is 25.9 Å². The summed E-state index contributed by atoms with van der Waals surface area (Å²) in [7, 11) is 1.67. The highest BCUT2D eigenvalue weighted by molar-refractivity contribution is 14.0. The number of hydrogen-bond donors (Lipinski definition) is 3. The maximum absolute atomic E-state index is 13.0. The zero-order chi connectivity index (χ0) is 21.3. The van der Waals surface area contributed by atoms with E-state index in [2.05, 4.69) is 52.1 Å². The molecule has 2 aromatic carbocycles. The molecule has 3 rings (SSSR count). The molecule has 0 aromatic heterocycles. The molecule has 0 bridgehead atoms. The lowest BCUT2D eigenvalue weighted by molar-refractivity contribution is -0.115. The molecule has 8 heteroatoms. The number of amides is 1. The highest BCUT2D eigenvalue weighted by Crippen LogP contribution is 2.33. The lowest BCUT2D eigenvalue weighted by atomic mass is 9.89. The molecule has 1 amide bonds. The van der Waals surface area contributed by atoms with E-state index in [-0.39, 0.29) is 48.3 Å². The number of nitrogens with zero attached hydrogens (tertiary/aromatic N) is 1. The topological polar surface area (TPSA) is 74.8 Å². The summed E-state index contributed by atoms with van der Waals surface area (Å²) in [6.07, 6.45) is 2.14. The molecule has 1 heterocycles. The quantitative estimate of drug-likeness (QED) is 0.294. The molecule has 1 fully saturated rings. The van der Waals surface area contributed by atoms with Gasteiger partial charge in [-0.05, 0) is 49.6 Å². The molecule has 31 heavy (non-hydrogen) atoms. The van der Waals surface area contributed by atoms with Crippen molar-refractivity contribution >= 4 is 41.5 Å². The van der Waals surface area contributed by atoms with Crippen molar-refractivity contribution in [3.8, 4) is 0 Å². The average Bonchev–Trinajstić information content (AvgIpc) is 2.76. The number of carbonyl (C=O) groups is 1. The van der Waals surface area contributed by atoms with E-state index in [9.17, 15) is 9.18 Å². The second-order valence-corrected chi connectivity index (χ2v) is 7.47. The van der Waals surface area contributed by atoms with E-state index in [0.717, 1.165) is 19.4 Å². The highest BCUT2D eigenvalue weighted by atomic mass is 127. The van der Waals surface area contributed by atoms with Crippen LogP contribution in [0.3, 0.4) is 0 Å². The predicted octanol–water partition coefficient (Wildman–Crippen LogP) is 4.02. The summed E-state index contributed by atoms with van der Waals surface area (Å²) < 4.78 is 19.0. The summed E-state index contributed by atoms with van der Waals surface area (Å²) >= 11 is 0. The van der Waals surface area contributed by atoms with Gasteiger partial charge < -0.3 is 20.7 Å². The van der Waals surface area contributed by atoms with E-state index in [1.807, 2.05) is 0 Å². The minimum absolute atomic E-state index is 0. The van der Waals surface area contributed by atoms with Crippen molar-refractivity contribution in [2.75, 3.05) is 32.1 Å².